The SMILES string of the molecule is Cc1ccccc1S(=O)(=O)NC(=O)c1cn(C)c(-c2cccc3c2OC(F)(F)O3)n1. The van der Waals surface area contributed by atoms with Gasteiger partial charge in [-0.15, -0.1) is 8.78 Å². The first-order chi connectivity index (χ1) is 14.1. The molecule has 0 saturated carbocycles. The van der Waals surface area contributed by atoms with Crippen LogP contribution in [0.3, 0.4) is 0 Å². The van der Waals surface area contributed by atoms with Gasteiger partial charge in [-0.2, -0.15) is 0 Å². The molecule has 156 valence electrons. The molecule has 0 aliphatic carbocycles. The zero-order valence-corrected chi connectivity index (χ0v) is 16.5. The van der Waals surface area contributed by atoms with E-state index >= 15 is 0 Å². The second-order valence-electron chi connectivity index (χ2n) is 6.56. The van der Waals surface area contributed by atoms with Gasteiger partial charge in [0.1, 0.15) is 11.5 Å². The van der Waals surface area contributed by atoms with Gasteiger partial charge in [0.05, 0.1) is 10.5 Å². The summed E-state index contributed by atoms with van der Waals surface area (Å²) in [6.07, 6.45) is -2.53. The first-order valence-corrected chi connectivity index (χ1v) is 10.1. The maximum Gasteiger partial charge on any atom is 0.586 e. The number of hydrogen-bond acceptors (Lipinski definition) is 6. The Hall–Kier alpha value is -3.47. The van der Waals surface area contributed by atoms with E-state index in [4.69, 9.17) is 0 Å². The molecule has 8 nitrogen and oxygen atoms in total. The minimum Gasteiger partial charge on any atom is -0.395 e. The molecule has 1 aromatic heterocycles. The molecule has 1 N–H and O–H groups in total. The van der Waals surface area contributed by atoms with Crippen molar-refractivity contribution in [3.63, 3.8) is 0 Å². The molecule has 0 radical (unpaired) electrons. The van der Waals surface area contributed by atoms with Crippen LogP contribution >= 0.6 is 0 Å². The number of para-hydroxylation sites is 1. The van der Waals surface area contributed by atoms with Crippen molar-refractivity contribution in [1.82, 2.24) is 14.3 Å². The van der Waals surface area contributed by atoms with E-state index in [0.29, 0.717) is 5.56 Å². The Bertz CT molecular complexity index is 1270. The van der Waals surface area contributed by atoms with Crippen molar-refractivity contribution in [2.75, 3.05) is 0 Å². The van der Waals surface area contributed by atoms with Crippen molar-refractivity contribution >= 4 is 15.9 Å². The third-order valence-corrected chi connectivity index (χ3v) is 5.88. The summed E-state index contributed by atoms with van der Waals surface area (Å²) in [5, 5.41) is 0. The molecule has 0 saturated heterocycles. The highest BCUT2D eigenvalue weighted by atomic mass is 32.2. The molecule has 11 heteroatoms. The number of amides is 1. The van der Waals surface area contributed by atoms with E-state index in [0.717, 1.165) is 0 Å². The average Bonchev–Trinajstić information content (AvgIpc) is 3.19. The van der Waals surface area contributed by atoms with Crippen molar-refractivity contribution in [2.24, 2.45) is 7.05 Å². The highest BCUT2D eigenvalue weighted by Crippen LogP contribution is 2.46. The van der Waals surface area contributed by atoms with Crippen LogP contribution in [0.15, 0.2) is 53.6 Å². The first kappa shape index (κ1) is 19.8. The van der Waals surface area contributed by atoms with Gasteiger partial charge >= 0.3 is 6.29 Å². The topological polar surface area (TPSA) is 99.5 Å². The fourth-order valence-electron chi connectivity index (χ4n) is 3.06. The van der Waals surface area contributed by atoms with Gasteiger partial charge in [0, 0.05) is 13.2 Å². The molecule has 30 heavy (non-hydrogen) atoms. The number of rotatable bonds is 4. The van der Waals surface area contributed by atoms with Gasteiger partial charge in [0.15, 0.2) is 11.5 Å². The minimum atomic E-state index is -4.12. The van der Waals surface area contributed by atoms with Crippen molar-refractivity contribution in [1.29, 1.82) is 0 Å². The monoisotopic (exact) mass is 435 g/mol. The van der Waals surface area contributed by atoms with Gasteiger partial charge in [-0.05, 0) is 30.7 Å². The van der Waals surface area contributed by atoms with Crippen LogP contribution in [0.2, 0.25) is 0 Å². The maximum atomic E-state index is 13.4. The number of imidazole rings is 1. The Morgan fingerprint density at radius 2 is 1.87 bits per heavy atom. The molecule has 2 heterocycles. The summed E-state index contributed by atoms with van der Waals surface area (Å²) in [5.41, 5.74) is 0.415. The van der Waals surface area contributed by atoms with Gasteiger partial charge in [0.2, 0.25) is 0 Å². The van der Waals surface area contributed by atoms with Crippen LogP contribution in [0.1, 0.15) is 16.1 Å². The molecule has 3 aromatic rings. The number of fused-ring (bicyclic) bond motifs is 1. The average molecular weight is 435 g/mol. The van der Waals surface area contributed by atoms with Crippen molar-refractivity contribution in [2.45, 2.75) is 18.1 Å². The van der Waals surface area contributed by atoms with E-state index < -0.39 is 22.2 Å². The molecule has 1 aliphatic rings. The predicted molar refractivity (Wildman–Crippen MR) is 101 cm³/mol. The Balaban J connectivity index is 1.66. The van der Waals surface area contributed by atoms with E-state index in [9.17, 15) is 22.0 Å². The quantitative estimate of drug-likeness (QED) is 0.677. The number of alkyl halides is 2. The van der Waals surface area contributed by atoms with Crippen molar-refractivity contribution < 1.29 is 31.5 Å². The van der Waals surface area contributed by atoms with Crippen LogP contribution in [0.25, 0.3) is 11.4 Å². The fraction of sp³-hybridized carbons (Fsp3) is 0.158. The highest BCUT2D eigenvalue weighted by Gasteiger charge is 2.45. The smallest absolute Gasteiger partial charge is 0.395 e. The largest absolute Gasteiger partial charge is 0.586 e. The Kier molecular flexibility index (Phi) is 4.49. The number of halogens is 2. The number of carbonyl (C=O) groups excluding carboxylic acids is 1. The number of hydrogen-bond donors (Lipinski definition) is 1. The third-order valence-electron chi connectivity index (χ3n) is 4.39. The molecule has 0 bridgehead atoms. The van der Waals surface area contributed by atoms with Gasteiger partial charge in [0.25, 0.3) is 15.9 Å². The van der Waals surface area contributed by atoms with Crippen molar-refractivity contribution in [3.05, 3.63) is 59.9 Å². The van der Waals surface area contributed by atoms with Gasteiger partial charge in [-0.1, -0.05) is 24.3 Å². The molecule has 0 fully saturated rings. The number of aromatic nitrogens is 2. The summed E-state index contributed by atoms with van der Waals surface area (Å²) < 4.78 is 64.3. The number of nitrogens with one attached hydrogen (secondary N) is 1. The highest BCUT2D eigenvalue weighted by molar-refractivity contribution is 7.90. The molecule has 1 amide bonds. The molecular formula is C19H15F2N3O5S. The molecule has 2 aromatic carbocycles. The summed E-state index contributed by atoms with van der Waals surface area (Å²) in [5.74, 6) is -1.24. The van der Waals surface area contributed by atoms with Crippen LogP contribution in [0, 0.1) is 6.92 Å². The molecule has 0 spiro atoms. The standard InChI is InChI=1S/C19H15F2N3O5S/c1-11-6-3-4-9-15(11)30(26,27)23-18(25)13-10-24(2)17(22-13)12-7-5-8-14-16(12)29-19(20,21)28-14/h3-10H,1-2H3,(H,23,25). The van der Waals surface area contributed by atoms with Crippen LogP contribution in [-0.4, -0.2) is 30.2 Å². The summed E-state index contributed by atoms with van der Waals surface area (Å²) in [4.78, 5) is 16.6. The van der Waals surface area contributed by atoms with Crippen LogP contribution in [0.5, 0.6) is 11.5 Å². The molecular weight excluding hydrogens is 420 g/mol. The zero-order chi connectivity index (χ0) is 21.7. The first-order valence-electron chi connectivity index (χ1n) is 8.63. The number of sulfonamides is 1. The molecule has 0 unspecified atom stereocenters. The maximum absolute atomic E-state index is 13.4. The summed E-state index contributed by atoms with van der Waals surface area (Å²) in [7, 11) is -2.59. The number of benzene rings is 2. The van der Waals surface area contributed by atoms with E-state index in [1.54, 1.807) is 25.1 Å². The third kappa shape index (κ3) is 3.47. The van der Waals surface area contributed by atoms with Gasteiger partial charge in [-0.3, -0.25) is 4.79 Å². The van der Waals surface area contributed by atoms with E-state index in [1.807, 2.05) is 4.72 Å². The predicted octanol–water partition coefficient (Wildman–Crippen LogP) is 2.84. The number of carbonyl (C=O) groups is 1. The minimum absolute atomic E-state index is 0.0387. The van der Waals surface area contributed by atoms with Crippen LogP contribution in [-0.2, 0) is 17.1 Å². The van der Waals surface area contributed by atoms with Crippen molar-refractivity contribution in [3.8, 4) is 22.9 Å². The van der Waals surface area contributed by atoms with Gasteiger partial charge < -0.3 is 14.0 Å². The van der Waals surface area contributed by atoms with E-state index in [1.165, 1.54) is 42.1 Å². The lowest BCUT2D eigenvalue weighted by molar-refractivity contribution is -0.286. The zero-order valence-electron chi connectivity index (χ0n) is 15.7. The Morgan fingerprint density at radius 1 is 1.13 bits per heavy atom. The van der Waals surface area contributed by atoms with Crippen LogP contribution < -0.4 is 14.2 Å². The summed E-state index contributed by atoms with van der Waals surface area (Å²) >= 11 is 0. The fourth-order valence-corrected chi connectivity index (χ4v) is 4.27. The molecule has 0 atom stereocenters. The van der Waals surface area contributed by atoms with Gasteiger partial charge in [-0.25, -0.2) is 18.1 Å². The molecule has 1 aliphatic heterocycles. The number of ether oxygens (including phenoxy) is 2. The van der Waals surface area contributed by atoms with E-state index in [2.05, 4.69) is 14.5 Å². The normalized spacial score (nSPS) is 14.5. The Morgan fingerprint density at radius 3 is 2.60 bits per heavy atom. The lowest BCUT2D eigenvalue weighted by atomic mass is 10.2. The lowest BCUT2D eigenvalue weighted by Crippen LogP contribution is -2.31. The molecule has 4 rings (SSSR count). The van der Waals surface area contributed by atoms with E-state index in [-0.39, 0.29) is 33.5 Å². The second-order valence-corrected chi connectivity index (χ2v) is 8.21. The van der Waals surface area contributed by atoms with Crippen LogP contribution in [0.4, 0.5) is 8.78 Å². The number of nitrogens with zero attached hydrogens (tertiary/aromatic N) is 2. The second kappa shape index (κ2) is 6.80. The summed E-state index contributed by atoms with van der Waals surface area (Å²) in [6.45, 7) is 1.60. The number of aryl methyl sites for hydroxylation is 2. The Labute approximate surface area is 170 Å². The lowest BCUT2D eigenvalue weighted by Gasteiger charge is -2.08. The summed E-state index contributed by atoms with van der Waals surface area (Å²) in [6, 6.07) is 10.4.